The molecule has 32 heavy (non-hydrogen) atoms. The third-order valence-electron chi connectivity index (χ3n) is 4.53. The van der Waals surface area contributed by atoms with Gasteiger partial charge < -0.3 is 19.3 Å². The Hall–Kier alpha value is -4.33. The summed E-state index contributed by atoms with van der Waals surface area (Å²) in [5, 5.41) is 13.0. The summed E-state index contributed by atoms with van der Waals surface area (Å²) in [7, 11) is 3.02. The molecule has 0 aliphatic rings. The van der Waals surface area contributed by atoms with Crippen LogP contribution >= 0.6 is 0 Å². The molecule has 8 heteroatoms. The topological polar surface area (TPSA) is 106 Å². The van der Waals surface area contributed by atoms with Crippen LogP contribution in [0.4, 0.5) is 0 Å². The first kappa shape index (κ1) is 22.4. The highest BCUT2D eigenvalue weighted by molar-refractivity contribution is 5.95. The molecule has 8 nitrogen and oxygen atoms in total. The lowest BCUT2D eigenvalue weighted by Crippen LogP contribution is -2.17. The number of carbonyl (C=O) groups is 2. The molecular weight excluding hydrogens is 412 g/mol. The average Bonchev–Trinajstić information content (AvgIpc) is 2.83. The largest absolute Gasteiger partial charge is 0.493 e. The normalized spacial score (nSPS) is 10.6. The summed E-state index contributed by atoms with van der Waals surface area (Å²) in [4.78, 5) is 23.3. The molecule has 0 unspecified atom stereocenters. The van der Waals surface area contributed by atoms with E-state index >= 15 is 0 Å². The van der Waals surface area contributed by atoms with E-state index in [-0.39, 0.29) is 12.2 Å². The molecule has 3 aromatic carbocycles. The minimum Gasteiger partial charge on any atom is -0.493 e. The summed E-state index contributed by atoms with van der Waals surface area (Å²) in [6, 6.07) is 18.5. The third kappa shape index (κ3) is 5.63. The van der Waals surface area contributed by atoms with E-state index in [1.807, 2.05) is 12.1 Å². The van der Waals surface area contributed by atoms with Crippen LogP contribution in [0.2, 0.25) is 0 Å². The molecule has 164 valence electrons. The highest BCUT2D eigenvalue weighted by atomic mass is 16.5. The van der Waals surface area contributed by atoms with Gasteiger partial charge in [0.2, 0.25) is 0 Å². The highest BCUT2D eigenvalue weighted by Gasteiger charge is 2.10. The molecule has 2 N–H and O–H groups in total. The number of methoxy groups -OCH3 is 2. The van der Waals surface area contributed by atoms with Crippen molar-refractivity contribution in [2.75, 3.05) is 14.2 Å². The number of aromatic carboxylic acids is 1. The van der Waals surface area contributed by atoms with Gasteiger partial charge in [-0.05, 0) is 48.0 Å². The second-order valence-corrected chi connectivity index (χ2v) is 6.60. The Bertz CT molecular complexity index is 1130. The number of hydrogen-bond donors (Lipinski definition) is 2. The van der Waals surface area contributed by atoms with E-state index in [1.165, 1.54) is 32.6 Å². The van der Waals surface area contributed by atoms with Crippen LogP contribution in [0.25, 0.3) is 0 Å². The molecule has 0 atom stereocenters. The number of amides is 1. The number of rotatable bonds is 9. The van der Waals surface area contributed by atoms with Gasteiger partial charge in [0.25, 0.3) is 5.91 Å². The van der Waals surface area contributed by atoms with Crippen molar-refractivity contribution in [3.8, 4) is 17.2 Å². The Kier molecular flexibility index (Phi) is 7.42. The van der Waals surface area contributed by atoms with Gasteiger partial charge in [0.1, 0.15) is 12.4 Å². The number of carbonyl (C=O) groups excluding carboxylic acids is 1. The SMILES string of the molecule is COc1ccc(C(=O)N/N=C/c2ccccc2OCc2ccc(C(=O)O)cc2)cc1OC. The fraction of sp³-hybridized carbons (Fsp3) is 0.125. The molecule has 0 bridgehead atoms. The molecule has 0 aromatic heterocycles. The Balaban J connectivity index is 1.64. The number of hydrogen-bond acceptors (Lipinski definition) is 6. The molecule has 0 saturated heterocycles. The monoisotopic (exact) mass is 434 g/mol. The Morgan fingerprint density at radius 3 is 2.28 bits per heavy atom. The summed E-state index contributed by atoms with van der Waals surface area (Å²) in [5.74, 6) is 0.155. The molecule has 3 rings (SSSR count). The number of ether oxygens (including phenoxy) is 3. The summed E-state index contributed by atoms with van der Waals surface area (Å²) in [6.45, 7) is 0.253. The second-order valence-electron chi connectivity index (χ2n) is 6.60. The van der Waals surface area contributed by atoms with E-state index in [0.717, 1.165) is 5.56 Å². The van der Waals surface area contributed by atoms with Crippen molar-refractivity contribution >= 4 is 18.1 Å². The first-order chi connectivity index (χ1) is 15.5. The number of benzene rings is 3. The molecule has 0 radical (unpaired) electrons. The number of nitrogens with zero attached hydrogens (tertiary/aromatic N) is 1. The quantitative estimate of drug-likeness (QED) is 0.393. The summed E-state index contributed by atoms with van der Waals surface area (Å²) >= 11 is 0. The molecule has 0 saturated carbocycles. The molecule has 0 heterocycles. The lowest BCUT2D eigenvalue weighted by Gasteiger charge is -2.10. The molecule has 0 aliphatic carbocycles. The highest BCUT2D eigenvalue weighted by Crippen LogP contribution is 2.27. The molecule has 1 amide bonds. The van der Waals surface area contributed by atoms with Gasteiger partial charge in [0, 0.05) is 11.1 Å². The Morgan fingerprint density at radius 2 is 1.59 bits per heavy atom. The zero-order chi connectivity index (χ0) is 22.9. The molecular formula is C24H22N2O6. The average molecular weight is 434 g/mol. The van der Waals surface area contributed by atoms with Gasteiger partial charge in [-0.25, -0.2) is 10.2 Å². The predicted octanol–water partition coefficient (Wildman–Crippen LogP) is 3.74. The predicted molar refractivity (Wildman–Crippen MR) is 119 cm³/mol. The molecule has 3 aromatic rings. The van der Waals surface area contributed by atoms with Gasteiger partial charge in [-0.1, -0.05) is 24.3 Å². The lowest BCUT2D eigenvalue weighted by atomic mass is 10.1. The Morgan fingerprint density at radius 1 is 0.906 bits per heavy atom. The van der Waals surface area contributed by atoms with E-state index < -0.39 is 11.9 Å². The van der Waals surface area contributed by atoms with E-state index in [4.69, 9.17) is 19.3 Å². The molecule has 0 aliphatic heterocycles. The first-order valence-corrected chi connectivity index (χ1v) is 9.61. The van der Waals surface area contributed by atoms with Crippen LogP contribution in [-0.4, -0.2) is 37.4 Å². The number of carboxylic acids is 1. The van der Waals surface area contributed by atoms with Crippen LogP contribution in [0.5, 0.6) is 17.2 Å². The fourth-order valence-corrected chi connectivity index (χ4v) is 2.83. The second kappa shape index (κ2) is 10.6. The van der Waals surface area contributed by atoms with Gasteiger partial charge >= 0.3 is 5.97 Å². The van der Waals surface area contributed by atoms with Crippen LogP contribution in [0.1, 0.15) is 31.8 Å². The minimum absolute atomic E-state index is 0.214. The maximum Gasteiger partial charge on any atom is 0.335 e. The van der Waals surface area contributed by atoms with Gasteiger partial charge in [0.15, 0.2) is 11.5 Å². The van der Waals surface area contributed by atoms with Gasteiger partial charge in [-0.3, -0.25) is 4.79 Å². The van der Waals surface area contributed by atoms with Crippen LogP contribution in [0.3, 0.4) is 0 Å². The lowest BCUT2D eigenvalue weighted by molar-refractivity contribution is 0.0696. The maximum absolute atomic E-state index is 12.4. The van der Waals surface area contributed by atoms with Crippen LogP contribution < -0.4 is 19.6 Å². The van der Waals surface area contributed by atoms with E-state index in [0.29, 0.717) is 28.4 Å². The van der Waals surface area contributed by atoms with E-state index in [9.17, 15) is 9.59 Å². The number of nitrogens with one attached hydrogen (secondary N) is 1. The van der Waals surface area contributed by atoms with Crippen molar-refractivity contribution < 1.29 is 28.9 Å². The smallest absolute Gasteiger partial charge is 0.335 e. The van der Waals surface area contributed by atoms with Gasteiger partial charge in [-0.15, -0.1) is 0 Å². The van der Waals surface area contributed by atoms with Crippen molar-refractivity contribution in [3.05, 3.63) is 89.0 Å². The van der Waals surface area contributed by atoms with Crippen molar-refractivity contribution in [1.29, 1.82) is 0 Å². The van der Waals surface area contributed by atoms with Gasteiger partial charge in [-0.2, -0.15) is 5.10 Å². The van der Waals surface area contributed by atoms with E-state index in [2.05, 4.69) is 10.5 Å². The number of hydrazone groups is 1. The van der Waals surface area contributed by atoms with Crippen LogP contribution in [0, 0.1) is 0 Å². The number of para-hydroxylation sites is 1. The zero-order valence-corrected chi connectivity index (χ0v) is 17.6. The molecule has 0 fully saturated rings. The fourth-order valence-electron chi connectivity index (χ4n) is 2.83. The van der Waals surface area contributed by atoms with Gasteiger partial charge in [0.05, 0.1) is 26.0 Å². The van der Waals surface area contributed by atoms with Crippen LogP contribution in [0.15, 0.2) is 71.8 Å². The van der Waals surface area contributed by atoms with E-state index in [1.54, 1.807) is 42.5 Å². The minimum atomic E-state index is -0.978. The molecule has 0 spiro atoms. The summed E-state index contributed by atoms with van der Waals surface area (Å²) < 4.78 is 16.2. The summed E-state index contributed by atoms with van der Waals surface area (Å²) in [5.41, 5.74) is 4.55. The van der Waals surface area contributed by atoms with Crippen molar-refractivity contribution in [3.63, 3.8) is 0 Å². The third-order valence-corrected chi connectivity index (χ3v) is 4.53. The summed E-state index contributed by atoms with van der Waals surface area (Å²) in [6.07, 6.45) is 1.49. The van der Waals surface area contributed by atoms with Crippen molar-refractivity contribution in [1.82, 2.24) is 5.43 Å². The standard InChI is InChI=1S/C24H22N2O6/c1-30-21-12-11-18(13-22(21)31-2)23(27)26-25-14-19-5-3-4-6-20(19)32-15-16-7-9-17(10-8-16)24(28)29/h3-14H,15H2,1-2H3,(H,26,27)(H,28,29)/b25-14+. The Labute approximate surface area is 185 Å². The van der Waals surface area contributed by atoms with Crippen LogP contribution in [-0.2, 0) is 6.61 Å². The van der Waals surface area contributed by atoms with Crippen molar-refractivity contribution in [2.45, 2.75) is 6.61 Å². The van der Waals surface area contributed by atoms with Crippen molar-refractivity contribution in [2.24, 2.45) is 5.10 Å². The maximum atomic E-state index is 12.4. The zero-order valence-electron chi connectivity index (χ0n) is 17.6. The number of carboxylic acid groups (broad SMARTS) is 1. The first-order valence-electron chi connectivity index (χ1n) is 9.61.